The van der Waals surface area contributed by atoms with Crippen molar-refractivity contribution in [2.24, 2.45) is 0 Å². The molecule has 0 aromatic carbocycles. The average Bonchev–Trinajstić information content (AvgIpc) is 2.12. The van der Waals surface area contributed by atoms with Gasteiger partial charge < -0.3 is 9.47 Å². The van der Waals surface area contributed by atoms with Gasteiger partial charge in [-0.05, 0) is 54.5 Å². The summed E-state index contributed by atoms with van der Waals surface area (Å²) < 4.78 is 11.1. The van der Waals surface area contributed by atoms with Crippen LogP contribution in [0.15, 0.2) is 12.3 Å². The Bertz CT molecular complexity index is 266. The van der Waals surface area contributed by atoms with Gasteiger partial charge in [-0.1, -0.05) is 6.58 Å². The van der Waals surface area contributed by atoms with Crippen LogP contribution in [0.25, 0.3) is 0 Å². The molecule has 1 rings (SSSR count). The Morgan fingerprint density at radius 3 is 2.12 bits per heavy atom. The molecule has 0 bridgehead atoms. The first-order chi connectivity index (χ1) is 7.65. The van der Waals surface area contributed by atoms with E-state index in [1.54, 1.807) is 0 Å². The Hall–Kier alpha value is -0.540. The summed E-state index contributed by atoms with van der Waals surface area (Å²) in [6, 6.07) is 0. The van der Waals surface area contributed by atoms with Crippen LogP contribution in [0.2, 0.25) is 0 Å². The largest absolute Gasteiger partial charge is 0.473 e. The van der Waals surface area contributed by atoms with Crippen molar-refractivity contribution >= 4 is 0 Å². The monoisotopic (exact) mass is 241 g/mol. The molecule has 1 aliphatic heterocycles. The number of ether oxygens (including phenoxy) is 2. The number of hydrogen-bond donors (Lipinski definition) is 0. The summed E-state index contributed by atoms with van der Waals surface area (Å²) in [6.45, 7) is 14.9. The average molecular weight is 241 g/mol. The number of hydrogen-bond acceptors (Lipinski definition) is 3. The van der Waals surface area contributed by atoms with E-state index in [9.17, 15) is 0 Å². The molecule has 0 aliphatic carbocycles. The highest BCUT2D eigenvalue weighted by atomic mass is 16.7. The maximum Gasteiger partial charge on any atom is 0.188 e. The zero-order valence-electron chi connectivity index (χ0n) is 12.2. The van der Waals surface area contributed by atoms with E-state index >= 15 is 0 Å². The smallest absolute Gasteiger partial charge is 0.188 e. The third-order valence-corrected chi connectivity index (χ3v) is 3.88. The van der Waals surface area contributed by atoms with Gasteiger partial charge in [0.15, 0.2) is 6.79 Å². The molecular formula is C14H27NO2. The van der Waals surface area contributed by atoms with Crippen molar-refractivity contribution in [3.05, 3.63) is 12.3 Å². The second-order valence-electron chi connectivity index (χ2n) is 6.35. The Morgan fingerprint density at radius 1 is 1.24 bits per heavy atom. The minimum Gasteiger partial charge on any atom is -0.473 e. The van der Waals surface area contributed by atoms with Gasteiger partial charge in [0.2, 0.25) is 0 Å². The molecule has 3 heteroatoms. The Labute approximate surface area is 106 Å². The fraction of sp³-hybridized carbons (Fsp3) is 0.857. The highest BCUT2D eigenvalue weighted by Crippen LogP contribution is 2.37. The van der Waals surface area contributed by atoms with Gasteiger partial charge in [0, 0.05) is 11.1 Å². The van der Waals surface area contributed by atoms with Crippen LogP contribution in [-0.2, 0) is 9.47 Å². The summed E-state index contributed by atoms with van der Waals surface area (Å²) in [5.41, 5.74) is 0.325. The van der Waals surface area contributed by atoms with Gasteiger partial charge in [-0.25, -0.2) is 0 Å². The molecule has 0 aromatic rings. The SMILES string of the molecule is C=C(C)OCOC1CC(C)(C)N(C)C(C)(C)C1. The maximum absolute atomic E-state index is 5.80. The lowest BCUT2D eigenvalue weighted by molar-refractivity contribution is -0.132. The van der Waals surface area contributed by atoms with E-state index < -0.39 is 0 Å². The van der Waals surface area contributed by atoms with Crippen molar-refractivity contribution in [2.45, 2.75) is 64.6 Å². The minimum absolute atomic E-state index is 0.162. The zero-order chi connectivity index (χ0) is 13.3. The van der Waals surface area contributed by atoms with E-state index in [0.717, 1.165) is 12.8 Å². The standard InChI is InChI=1S/C14H27NO2/c1-11(2)16-10-17-12-8-13(3,4)15(7)14(5,6)9-12/h12H,1,8-10H2,2-7H3. The summed E-state index contributed by atoms with van der Waals surface area (Å²) in [5, 5.41) is 0. The molecule has 0 amide bonds. The van der Waals surface area contributed by atoms with Crippen molar-refractivity contribution in [1.29, 1.82) is 0 Å². The van der Waals surface area contributed by atoms with E-state index in [1.165, 1.54) is 0 Å². The van der Waals surface area contributed by atoms with Crippen molar-refractivity contribution < 1.29 is 9.47 Å². The van der Waals surface area contributed by atoms with Gasteiger partial charge >= 0.3 is 0 Å². The van der Waals surface area contributed by atoms with Crippen LogP contribution in [0.1, 0.15) is 47.5 Å². The predicted molar refractivity (Wildman–Crippen MR) is 70.8 cm³/mol. The number of piperidine rings is 1. The van der Waals surface area contributed by atoms with Gasteiger partial charge in [0.1, 0.15) is 0 Å². The van der Waals surface area contributed by atoms with E-state index in [4.69, 9.17) is 9.47 Å². The summed E-state index contributed by atoms with van der Waals surface area (Å²) in [4.78, 5) is 2.44. The van der Waals surface area contributed by atoms with E-state index in [1.807, 2.05) is 6.92 Å². The zero-order valence-corrected chi connectivity index (χ0v) is 12.2. The van der Waals surface area contributed by atoms with Gasteiger partial charge in [-0.2, -0.15) is 0 Å². The molecule has 100 valence electrons. The molecule has 0 saturated carbocycles. The van der Waals surface area contributed by atoms with E-state index in [0.29, 0.717) is 12.6 Å². The van der Waals surface area contributed by atoms with Gasteiger partial charge in [-0.15, -0.1) is 0 Å². The van der Waals surface area contributed by atoms with Crippen LogP contribution in [0, 0.1) is 0 Å². The number of nitrogens with zero attached hydrogens (tertiary/aromatic N) is 1. The fourth-order valence-corrected chi connectivity index (χ4v) is 2.63. The van der Waals surface area contributed by atoms with Crippen LogP contribution < -0.4 is 0 Å². The molecule has 1 aliphatic rings. The fourth-order valence-electron chi connectivity index (χ4n) is 2.63. The van der Waals surface area contributed by atoms with Gasteiger partial charge in [0.05, 0.1) is 11.9 Å². The molecule has 0 unspecified atom stereocenters. The molecular weight excluding hydrogens is 214 g/mol. The van der Waals surface area contributed by atoms with Crippen LogP contribution in [-0.4, -0.2) is 35.9 Å². The topological polar surface area (TPSA) is 21.7 Å². The molecule has 0 aromatic heterocycles. The van der Waals surface area contributed by atoms with Crippen LogP contribution in [0.4, 0.5) is 0 Å². The maximum atomic E-state index is 5.80. The van der Waals surface area contributed by atoms with Crippen LogP contribution >= 0.6 is 0 Å². The second kappa shape index (κ2) is 4.99. The van der Waals surface area contributed by atoms with E-state index in [-0.39, 0.29) is 17.2 Å². The van der Waals surface area contributed by atoms with Crippen molar-refractivity contribution in [3.8, 4) is 0 Å². The first kappa shape index (κ1) is 14.5. The molecule has 17 heavy (non-hydrogen) atoms. The van der Waals surface area contributed by atoms with E-state index in [2.05, 4.69) is 46.2 Å². The minimum atomic E-state index is 0.162. The van der Waals surface area contributed by atoms with Gasteiger partial charge in [-0.3, -0.25) is 4.90 Å². The van der Waals surface area contributed by atoms with Crippen molar-refractivity contribution in [1.82, 2.24) is 4.90 Å². The summed E-state index contributed by atoms with van der Waals surface area (Å²) in [7, 11) is 2.20. The lowest BCUT2D eigenvalue weighted by Crippen LogP contribution is -2.60. The van der Waals surface area contributed by atoms with Gasteiger partial charge in [0.25, 0.3) is 0 Å². The normalized spacial score (nSPS) is 24.6. The third kappa shape index (κ3) is 3.71. The molecule has 0 N–H and O–H groups in total. The van der Waals surface area contributed by atoms with Crippen molar-refractivity contribution in [2.75, 3.05) is 13.8 Å². The van der Waals surface area contributed by atoms with Crippen LogP contribution in [0.3, 0.4) is 0 Å². The lowest BCUT2D eigenvalue weighted by Gasteiger charge is -2.53. The number of rotatable bonds is 4. The lowest BCUT2D eigenvalue weighted by atomic mass is 9.79. The molecule has 0 atom stereocenters. The molecule has 1 saturated heterocycles. The summed E-state index contributed by atoms with van der Waals surface area (Å²) in [5.74, 6) is 0.705. The highest BCUT2D eigenvalue weighted by molar-refractivity contribution is 4.98. The molecule has 0 radical (unpaired) electrons. The predicted octanol–water partition coefficient (Wildman–Crippen LogP) is 3.16. The summed E-state index contributed by atoms with van der Waals surface area (Å²) >= 11 is 0. The Kier molecular flexibility index (Phi) is 4.26. The van der Waals surface area contributed by atoms with Crippen LogP contribution in [0.5, 0.6) is 0 Å². The Balaban J connectivity index is 2.56. The number of allylic oxidation sites excluding steroid dienone is 1. The molecule has 1 heterocycles. The second-order valence-corrected chi connectivity index (χ2v) is 6.35. The first-order valence-corrected chi connectivity index (χ1v) is 6.29. The Morgan fingerprint density at radius 2 is 1.71 bits per heavy atom. The molecule has 3 nitrogen and oxygen atoms in total. The van der Waals surface area contributed by atoms with Crippen molar-refractivity contribution in [3.63, 3.8) is 0 Å². The first-order valence-electron chi connectivity index (χ1n) is 6.29. The molecule has 0 spiro atoms. The number of likely N-dealkylation sites (tertiary alicyclic amines) is 1. The quantitative estimate of drug-likeness (QED) is 0.557. The highest BCUT2D eigenvalue weighted by Gasteiger charge is 2.43. The molecule has 1 fully saturated rings. The third-order valence-electron chi connectivity index (χ3n) is 3.88. The summed E-state index contributed by atoms with van der Waals surface area (Å²) in [6.07, 6.45) is 2.33.